The van der Waals surface area contributed by atoms with E-state index >= 15 is 0 Å². The van der Waals surface area contributed by atoms with E-state index in [2.05, 4.69) is 10.6 Å². The van der Waals surface area contributed by atoms with Crippen molar-refractivity contribution in [3.63, 3.8) is 0 Å². The Labute approximate surface area is 140 Å². The number of halogens is 1. The largest absolute Gasteiger partial charge is 0.459 e. The van der Waals surface area contributed by atoms with Crippen molar-refractivity contribution >= 4 is 17.0 Å². The van der Waals surface area contributed by atoms with Gasteiger partial charge in [-0.25, -0.2) is 9.18 Å². The van der Waals surface area contributed by atoms with Crippen LogP contribution >= 0.6 is 0 Å². The van der Waals surface area contributed by atoms with Gasteiger partial charge in [-0.2, -0.15) is 0 Å². The number of urea groups is 1. The van der Waals surface area contributed by atoms with Crippen LogP contribution in [-0.2, 0) is 6.54 Å². The van der Waals surface area contributed by atoms with Gasteiger partial charge in [-0.3, -0.25) is 0 Å². The summed E-state index contributed by atoms with van der Waals surface area (Å²) in [6.45, 7) is 2.66. The van der Waals surface area contributed by atoms with Gasteiger partial charge in [0.25, 0.3) is 0 Å². The van der Waals surface area contributed by atoms with E-state index in [1.54, 1.807) is 6.07 Å². The summed E-state index contributed by atoms with van der Waals surface area (Å²) in [4.78, 5) is 11.9. The molecule has 24 heavy (non-hydrogen) atoms. The van der Waals surface area contributed by atoms with Crippen LogP contribution in [0.5, 0.6) is 0 Å². The quantitative estimate of drug-likeness (QED) is 0.803. The van der Waals surface area contributed by atoms with Crippen LogP contribution in [0.3, 0.4) is 0 Å². The van der Waals surface area contributed by atoms with Crippen LogP contribution < -0.4 is 10.6 Å². The number of carbonyl (C=O) groups excluding carboxylic acids is 1. The number of aliphatic hydroxyl groups excluding tert-OH is 1. The maximum Gasteiger partial charge on any atom is 0.315 e. The van der Waals surface area contributed by atoms with Crippen LogP contribution in [0.1, 0.15) is 37.0 Å². The average Bonchev–Trinajstić information content (AvgIpc) is 2.87. The third-order valence-electron chi connectivity index (χ3n) is 4.71. The Morgan fingerprint density at radius 1 is 1.38 bits per heavy atom. The third kappa shape index (κ3) is 3.87. The molecule has 0 spiro atoms. The molecule has 2 amide bonds. The monoisotopic (exact) mass is 334 g/mol. The summed E-state index contributed by atoms with van der Waals surface area (Å²) >= 11 is 0. The van der Waals surface area contributed by atoms with E-state index < -0.39 is 0 Å². The lowest BCUT2D eigenvalue weighted by molar-refractivity contribution is 0.101. The smallest absolute Gasteiger partial charge is 0.315 e. The summed E-state index contributed by atoms with van der Waals surface area (Å²) < 4.78 is 19.0. The first-order valence-corrected chi connectivity index (χ1v) is 8.40. The number of rotatable bonds is 4. The molecule has 130 valence electrons. The van der Waals surface area contributed by atoms with Crippen molar-refractivity contribution in [3.05, 3.63) is 35.3 Å². The van der Waals surface area contributed by atoms with Gasteiger partial charge in [0.15, 0.2) is 0 Å². The third-order valence-corrected chi connectivity index (χ3v) is 4.71. The minimum Gasteiger partial charge on any atom is -0.459 e. The van der Waals surface area contributed by atoms with Gasteiger partial charge in [0.2, 0.25) is 0 Å². The van der Waals surface area contributed by atoms with Gasteiger partial charge in [0.1, 0.15) is 17.2 Å². The molecule has 3 rings (SSSR count). The first kappa shape index (κ1) is 16.8. The zero-order valence-electron chi connectivity index (χ0n) is 13.8. The summed E-state index contributed by atoms with van der Waals surface area (Å²) in [6.07, 6.45) is 3.39. The highest BCUT2D eigenvalue weighted by Crippen LogP contribution is 2.26. The van der Waals surface area contributed by atoms with Crippen molar-refractivity contribution in [2.45, 2.75) is 45.3 Å². The lowest BCUT2D eigenvalue weighted by atomic mass is 9.87. The molecule has 6 heteroatoms. The molecule has 1 heterocycles. The summed E-state index contributed by atoms with van der Waals surface area (Å²) in [5.41, 5.74) is 1.45. The fourth-order valence-corrected chi connectivity index (χ4v) is 3.32. The molecule has 0 radical (unpaired) electrons. The normalized spacial score (nSPS) is 21.0. The number of hydrogen-bond donors (Lipinski definition) is 3. The Kier molecular flexibility index (Phi) is 5.04. The first-order chi connectivity index (χ1) is 11.5. The number of amides is 2. The molecular weight excluding hydrogens is 311 g/mol. The van der Waals surface area contributed by atoms with Gasteiger partial charge in [0, 0.05) is 17.5 Å². The Bertz CT molecular complexity index is 728. The molecule has 1 aliphatic rings. The molecular formula is C18H23FN2O3. The van der Waals surface area contributed by atoms with E-state index in [1.807, 2.05) is 6.92 Å². The molecule has 2 atom stereocenters. The number of fused-ring (bicyclic) bond motifs is 1. The molecule has 1 aromatic heterocycles. The maximum atomic E-state index is 13.3. The lowest BCUT2D eigenvalue weighted by Crippen LogP contribution is -2.39. The molecule has 1 fully saturated rings. The van der Waals surface area contributed by atoms with E-state index in [1.165, 1.54) is 12.1 Å². The van der Waals surface area contributed by atoms with Crippen molar-refractivity contribution in [2.75, 3.05) is 6.54 Å². The molecule has 1 aliphatic carbocycles. The minimum absolute atomic E-state index is 0.243. The second-order valence-corrected chi connectivity index (χ2v) is 6.54. The highest BCUT2D eigenvalue weighted by Gasteiger charge is 2.20. The second kappa shape index (κ2) is 7.21. The average molecular weight is 334 g/mol. The van der Waals surface area contributed by atoms with E-state index in [4.69, 9.17) is 4.42 Å². The number of benzene rings is 1. The van der Waals surface area contributed by atoms with E-state index in [0.29, 0.717) is 23.8 Å². The number of nitrogens with one attached hydrogen (secondary N) is 2. The summed E-state index contributed by atoms with van der Waals surface area (Å²) in [5.74, 6) is 0.646. The first-order valence-electron chi connectivity index (χ1n) is 8.40. The summed E-state index contributed by atoms with van der Waals surface area (Å²) in [5, 5.41) is 16.0. The van der Waals surface area contributed by atoms with Gasteiger partial charge >= 0.3 is 6.03 Å². The number of furan rings is 1. The summed E-state index contributed by atoms with van der Waals surface area (Å²) in [6, 6.07) is 4.12. The van der Waals surface area contributed by atoms with Crippen molar-refractivity contribution in [2.24, 2.45) is 5.92 Å². The van der Waals surface area contributed by atoms with Crippen molar-refractivity contribution in [3.8, 4) is 0 Å². The molecule has 2 aromatic rings. The molecule has 2 unspecified atom stereocenters. The number of aliphatic hydroxyl groups is 1. The van der Waals surface area contributed by atoms with Crippen LogP contribution in [0.4, 0.5) is 9.18 Å². The fraction of sp³-hybridized carbons (Fsp3) is 0.500. The molecule has 3 N–H and O–H groups in total. The van der Waals surface area contributed by atoms with Gasteiger partial charge in [0.05, 0.1) is 12.6 Å². The summed E-state index contributed by atoms with van der Waals surface area (Å²) in [7, 11) is 0. The van der Waals surface area contributed by atoms with Crippen molar-refractivity contribution in [1.82, 2.24) is 10.6 Å². The molecule has 1 saturated carbocycles. The minimum atomic E-state index is -0.307. The molecule has 0 aliphatic heterocycles. The topological polar surface area (TPSA) is 74.5 Å². The Morgan fingerprint density at radius 3 is 3.00 bits per heavy atom. The van der Waals surface area contributed by atoms with Crippen LogP contribution in [0, 0.1) is 18.7 Å². The van der Waals surface area contributed by atoms with E-state index in [9.17, 15) is 14.3 Å². The van der Waals surface area contributed by atoms with Crippen LogP contribution in [0.25, 0.3) is 11.0 Å². The number of hydrogen-bond acceptors (Lipinski definition) is 3. The number of carbonyl (C=O) groups is 1. The fourth-order valence-electron chi connectivity index (χ4n) is 3.32. The molecule has 1 aromatic carbocycles. The Morgan fingerprint density at radius 2 is 2.21 bits per heavy atom. The van der Waals surface area contributed by atoms with E-state index in [0.717, 1.165) is 36.6 Å². The van der Waals surface area contributed by atoms with Gasteiger partial charge in [-0.1, -0.05) is 6.42 Å². The zero-order chi connectivity index (χ0) is 17.1. The van der Waals surface area contributed by atoms with Crippen molar-refractivity contribution in [1.29, 1.82) is 0 Å². The second-order valence-electron chi connectivity index (χ2n) is 6.54. The number of aryl methyl sites for hydroxylation is 1. The molecule has 5 nitrogen and oxygen atoms in total. The van der Waals surface area contributed by atoms with Crippen LogP contribution in [0.2, 0.25) is 0 Å². The van der Waals surface area contributed by atoms with Gasteiger partial charge < -0.3 is 20.2 Å². The Balaban J connectivity index is 1.52. The lowest BCUT2D eigenvalue weighted by Gasteiger charge is -2.25. The molecule has 0 saturated heterocycles. The van der Waals surface area contributed by atoms with Crippen molar-refractivity contribution < 1.29 is 18.7 Å². The van der Waals surface area contributed by atoms with Crippen LogP contribution in [-0.4, -0.2) is 23.8 Å². The van der Waals surface area contributed by atoms with Gasteiger partial charge in [-0.05, 0) is 50.3 Å². The highest BCUT2D eigenvalue weighted by atomic mass is 19.1. The predicted octanol–water partition coefficient (Wildman–Crippen LogP) is 3.23. The SMILES string of the molecule is Cc1c(CNC(=O)NCC2CCCC(O)C2)oc2ccc(F)cc12. The van der Waals surface area contributed by atoms with Crippen LogP contribution in [0.15, 0.2) is 22.6 Å². The Hall–Kier alpha value is -2.08. The van der Waals surface area contributed by atoms with Gasteiger partial charge in [-0.15, -0.1) is 0 Å². The predicted molar refractivity (Wildman–Crippen MR) is 89.1 cm³/mol. The standard InChI is InChI=1S/C18H23FN2O3/c1-11-15-8-13(19)5-6-16(15)24-17(11)10-21-18(23)20-9-12-3-2-4-14(22)7-12/h5-6,8,12,14,22H,2-4,7,9-10H2,1H3,(H2,20,21,23). The molecule has 0 bridgehead atoms. The zero-order valence-corrected chi connectivity index (χ0v) is 13.8. The maximum absolute atomic E-state index is 13.3. The highest BCUT2D eigenvalue weighted by molar-refractivity contribution is 5.82. The van der Waals surface area contributed by atoms with E-state index in [-0.39, 0.29) is 24.5 Å².